The third-order valence-electron chi connectivity index (χ3n) is 2.83. The van der Waals surface area contributed by atoms with Crippen LogP contribution in [0.4, 0.5) is 0 Å². The third-order valence-corrected chi connectivity index (χ3v) is 2.83. The Morgan fingerprint density at radius 2 is 1.89 bits per heavy atom. The zero-order valence-electron chi connectivity index (χ0n) is 12.6. The number of para-hydroxylation sites is 1. The number of benzene rings is 1. The summed E-state index contributed by atoms with van der Waals surface area (Å²) < 4.78 is 6.07. The Labute approximate surface area is 112 Å². The summed E-state index contributed by atoms with van der Waals surface area (Å²) in [5, 5.41) is 3.21. The molecule has 0 aliphatic heterocycles. The van der Waals surface area contributed by atoms with Gasteiger partial charge < -0.3 is 10.1 Å². The van der Waals surface area contributed by atoms with Gasteiger partial charge in [0, 0.05) is 12.1 Å². The van der Waals surface area contributed by atoms with E-state index in [0.29, 0.717) is 5.92 Å². The van der Waals surface area contributed by atoms with Gasteiger partial charge in [0.05, 0.1) is 6.61 Å². The number of nitrogens with one attached hydrogen (secondary N) is 1. The van der Waals surface area contributed by atoms with Crippen molar-refractivity contribution in [3.05, 3.63) is 29.3 Å². The highest BCUT2D eigenvalue weighted by molar-refractivity contribution is 5.45. The van der Waals surface area contributed by atoms with Gasteiger partial charge >= 0.3 is 0 Å². The number of hydrogen-bond acceptors (Lipinski definition) is 2. The van der Waals surface area contributed by atoms with E-state index in [-0.39, 0.29) is 5.41 Å². The molecule has 0 aliphatic rings. The van der Waals surface area contributed by atoms with Crippen molar-refractivity contribution in [2.24, 2.45) is 5.92 Å². The van der Waals surface area contributed by atoms with Crippen LogP contribution in [0.25, 0.3) is 0 Å². The van der Waals surface area contributed by atoms with E-state index in [0.717, 1.165) is 18.9 Å². The van der Waals surface area contributed by atoms with E-state index < -0.39 is 0 Å². The molecule has 0 radical (unpaired) electrons. The summed E-state index contributed by atoms with van der Waals surface area (Å²) >= 11 is 0. The van der Waals surface area contributed by atoms with Gasteiger partial charge in [-0.3, -0.25) is 0 Å². The summed E-state index contributed by atoms with van der Waals surface area (Å²) in [7, 11) is 1.97. The Balaban J connectivity index is 3.12. The van der Waals surface area contributed by atoms with Crippen LogP contribution in [0.1, 0.15) is 45.7 Å². The van der Waals surface area contributed by atoms with Gasteiger partial charge in [-0.25, -0.2) is 0 Å². The van der Waals surface area contributed by atoms with Crippen molar-refractivity contribution in [1.29, 1.82) is 0 Å². The molecular formula is C16H27NO. The van der Waals surface area contributed by atoms with Crippen molar-refractivity contribution in [2.75, 3.05) is 13.7 Å². The molecule has 1 N–H and O–H groups in total. The molecule has 0 aromatic heterocycles. The Morgan fingerprint density at radius 1 is 1.22 bits per heavy atom. The average Bonchev–Trinajstić information content (AvgIpc) is 2.26. The van der Waals surface area contributed by atoms with Crippen molar-refractivity contribution in [1.82, 2.24) is 5.32 Å². The highest BCUT2D eigenvalue weighted by Gasteiger charge is 2.21. The minimum absolute atomic E-state index is 0.107. The first-order valence-electron chi connectivity index (χ1n) is 6.76. The zero-order valence-corrected chi connectivity index (χ0v) is 12.6. The predicted octanol–water partition coefficient (Wildman–Crippen LogP) is 3.74. The van der Waals surface area contributed by atoms with Crippen molar-refractivity contribution in [3.8, 4) is 5.75 Å². The first-order chi connectivity index (χ1) is 8.36. The van der Waals surface area contributed by atoms with Crippen molar-refractivity contribution in [2.45, 2.75) is 46.6 Å². The largest absolute Gasteiger partial charge is 0.493 e. The zero-order chi connectivity index (χ0) is 13.8. The second-order valence-corrected chi connectivity index (χ2v) is 6.28. The highest BCUT2D eigenvalue weighted by Crippen LogP contribution is 2.34. The summed E-state index contributed by atoms with van der Waals surface area (Å²) in [6.45, 7) is 12.7. The summed E-state index contributed by atoms with van der Waals surface area (Å²) in [4.78, 5) is 0. The number of ether oxygens (including phenoxy) is 1. The van der Waals surface area contributed by atoms with Gasteiger partial charge in [0.15, 0.2) is 0 Å². The van der Waals surface area contributed by atoms with Crippen LogP contribution in [0, 0.1) is 5.92 Å². The maximum Gasteiger partial charge on any atom is 0.127 e. The Kier molecular flexibility index (Phi) is 5.21. The minimum atomic E-state index is 0.107. The van der Waals surface area contributed by atoms with Crippen LogP contribution in [0.15, 0.2) is 18.2 Å². The Bertz CT molecular complexity index is 377. The summed E-state index contributed by atoms with van der Waals surface area (Å²) in [6.07, 6.45) is 0. The van der Waals surface area contributed by atoms with Gasteiger partial charge in [0.1, 0.15) is 5.75 Å². The van der Waals surface area contributed by atoms with E-state index >= 15 is 0 Å². The summed E-state index contributed by atoms with van der Waals surface area (Å²) in [6, 6.07) is 6.44. The molecule has 2 nitrogen and oxygen atoms in total. The molecule has 2 heteroatoms. The summed E-state index contributed by atoms with van der Waals surface area (Å²) in [5.41, 5.74) is 2.64. The van der Waals surface area contributed by atoms with Gasteiger partial charge in [0.2, 0.25) is 0 Å². The van der Waals surface area contributed by atoms with Crippen molar-refractivity contribution >= 4 is 0 Å². The average molecular weight is 249 g/mol. The minimum Gasteiger partial charge on any atom is -0.493 e. The normalized spacial score (nSPS) is 11.9. The monoisotopic (exact) mass is 249 g/mol. The molecule has 18 heavy (non-hydrogen) atoms. The number of rotatable bonds is 5. The SMILES string of the molecule is CNCc1cccc(C(C)(C)C)c1OCC(C)C. The van der Waals surface area contributed by atoms with Gasteiger partial charge in [-0.1, -0.05) is 52.8 Å². The van der Waals surface area contributed by atoms with Crippen LogP contribution in [0.3, 0.4) is 0 Å². The van der Waals surface area contributed by atoms with E-state index in [9.17, 15) is 0 Å². The Hall–Kier alpha value is -1.02. The van der Waals surface area contributed by atoms with Crippen LogP contribution in [0.5, 0.6) is 5.75 Å². The highest BCUT2D eigenvalue weighted by atomic mass is 16.5. The molecule has 0 fully saturated rings. The van der Waals surface area contributed by atoms with E-state index in [1.54, 1.807) is 0 Å². The van der Waals surface area contributed by atoms with Crippen LogP contribution >= 0.6 is 0 Å². The molecule has 0 saturated heterocycles. The Morgan fingerprint density at radius 3 is 2.39 bits per heavy atom. The molecule has 1 aromatic carbocycles. The molecule has 0 heterocycles. The summed E-state index contributed by atoms with van der Waals surface area (Å²) in [5.74, 6) is 1.61. The van der Waals surface area contributed by atoms with Crippen molar-refractivity contribution < 1.29 is 4.74 Å². The first kappa shape index (κ1) is 15.0. The van der Waals surface area contributed by atoms with Gasteiger partial charge in [-0.2, -0.15) is 0 Å². The standard InChI is InChI=1S/C16H27NO/c1-12(2)11-18-15-13(10-17-6)8-7-9-14(15)16(3,4)5/h7-9,12,17H,10-11H2,1-6H3. The van der Waals surface area contributed by atoms with E-state index in [1.807, 2.05) is 7.05 Å². The molecule has 0 unspecified atom stereocenters. The van der Waals surface area contributed by atoms with Crippen LogP contribution in [-0.4, -0.2) is 13.7 Å². The lowest BCUT2D eigenvalue weighted by molar-refractivity contribution is 0.262. The van der Waals surface area contributed by atoms with Gasteiger partial charge in [-0.05, 0) is 23.9 Å². The van der Waals surface area contributed by atoms with Crippen molar-refractivity contribution in [3.63, 3.8) is 0 Å². The fourth-order valence-corrected chi connectivity index (χ4v) is 1.93. The molecule has 1 rings (SSSR count). The second kappa shape index (κ2) is 6.24. The maximum atomic E-state index is 6.07. The maximum absolute atomic E-state index is 6.07. The third kappa shape index (κ3) is 4.02. The second-order valence-electron chi connectivity index (χ2n) is 6.28. The smallest absolute Gasteiger partial charge is 0.127 e. The van der Waals surface area contributed by atoms with Crippen LogP contribution in [-0.2, 0) is 12.0 Å². The van der Waals surface area contributed by atoms with E-state index in [4.69, 9.17) is 4.74 Å². The van der Waals surface area contributed by atoms with Crippen LogP contribution in [0.2, 0.25) is 0 Å². The van der Waals surface area contributed by atoms with Crippen LogP contribution < -0.4 is 10.1 Å². The van der Waals surface area contributed by atoms with E-state index in [1.165, 1.54) is 11.1 Å². The lowest BCUT2D eigenvalue weighted by atomic mass is 9.85. The van der Waals surface area contributed by atoms with Gasteiger partial charge in [0.25, 0.3) is 0 Å². The molecule has 0 aliphatic carbocycles. The quantitative estimate of drug-likeness (QED) is 0.858. The molecule has 1 aromatic rings. The fourth-order valence-electron chi connectivity index (χ4n) is 1.93. The molecule has 102 valence electrons. The molecule has 0 atom stereocenters. The molecule has 0 spiro atoms. The van der Waals surface area contributed by atoms with E-state index in [2.05, 4.69) is 58.1 Å². The molecule has 0 amide bonds. The topological polar surface area (TPSA) is 21.3 Å². The molecule has 0 saturated carbocycles. The number of hydrogen-bond donors (Lipinski definition) is 1. The molecule has 0 bridgehead atoms. The molecular weight excluding hydrogens is 222 g/mol. The predicted molar refractivity (Wildman–Crippen MR) is 78.2 cm³/mol. The van der Waals surface area contributed by atoms with Gasteiger partial charge in [-0.15, -0.1) is 0 Å². The lowest BCUT2D eigenvalue weighted by Crippen LogP contribution is -2.18. The lowest BCUT2D eigenvalue weighted by Gasteiger charge is -2.25. The first-order valence-corrected chi connectivity index (χ1v) is 6.76. The fraction of sp³-hybridized carbons (Fsp3) is 0.625.